The van der Waals surface area contributed by atoms with E-state index in [1.807, 2.05) is 0 Å². The van der Waals surface area contributed by atoms with Crippen LogP contribution in [0.25, 0.3) is 0 Å². The Morgan fingerprint density at radius 3 is 2.33 bits per heavy atom. The Hall–Kier alpha value is -0.390. The third-order valence-corrected chi connectivity index (χ3v) is 3.01. The summed E-state index contributed by atoms with van der Waals surface area (Å²) in [5, 5.41) is 37.0. The van der Waals surface area contributed by atoms with Crippen molar-refractivity contribution in [3.05, 3.63) is 23.3 Å². The zero-order valence-electron chi connectivity index (χ0n) is 8.34. The zero-order chi connectivity index (χ0) is 11.6. The number of halogens is 1. The predicted molar refractivity (Wildman–Crippen MR) is 56.6 cm³/mol. The van der Waals surface area contributed by atoms with Crippen LogP contribution in [0.3, 0.4) is 0 Å². The number of hydrogen-bond acceptors (Lipinski definition) is 4. The van der Waals surface area contributed by atoms with Crippen LogP contribution in [0, 0.1) is 0 Å². The van der Waals surface area contributed by atoms with Gasteiger partial charge in [0.2, 0.25) is 0 Å². The molecule has 1 aliphatic rings. The van der Waals surface area contributed by atoms with Crippen LogP contribution in [-0.2, 0) is 0 Å². The van der Waals surface area contributed by atoms with Crippen molar-refractivity contribution in [1.82, 2.24) is 0 Å². The van der Waals surface area contributed by atoms with Crippen molar-refractivity contribution >= 4 is 11.6 Å². The standard InChI is InChI=1S/C10H15ClO4/c1-2-3-5-6(4-12)8(13)7(11)10(15)9(5)14/h2-3,7-10,12-15H,4H2,1H3/b3-2+/t7-,8+,9+,10+/m0/s1. The lowest BCUT2D eigenvalue weighted by atomic mass is 9.85. The number of alkyl halides is 1. The van der Waals surface area contributed by atoms with Gasteiger partial charge in [-0.25, -0.2) is 0 Å². The summed E-state index contributed by atoms with van der Waals surface area (Å²) in [7, 11) is 0. The van der Waals surface area contributed by atoms with Crippen molar-refractivity contribution in [3.8, 4) is 0 Å². The van der Waals surface area contributed by atoms with Gasteiger partial charge in [-0.1, -0.05) is 12.2 Å². The molecule has 0 spiro atoms. The lowest BCUT2D eigenvalue weighted by Gasteiger charge is -2.34. The molecule has 0 heterocycles. The first kappa shape index (κ1) is 12.7. The SMILES string of the molecule is C/C=C/C1=C(CO)[C@@H](O)[C@H](Cl)[C@@H](O)[C@@H]1O. The van der Waals surface area contributed by atoms with E-state index in [2.05, 4.69) is 0 Å². The minimum Gasteiger partial charge on any atom is -0.392 e. The van der Waals surface area contributed by atoms with Gasteiger partial charge in [-0.15, -0.1) is 11.6 Å². The van der Waals surface area contributed by atoms with Gasteiger partial charge in [0, 0.05) is 0 Å². The topological polar surface area (TPSA) is 80.9 Å². The molecule has 15 heavy (non-hydrogen) atoms. The van der Waals surface area contributed by atoms with Gasteiger partial charge in [0.1, 0.15) is 12.2 Å². The molecule has 5 heteroatoms. The molecule has 0 aromatic heterocycles. The average molecular weight is 235 g/mol. The first-order chi connectivity index (χ1) is 7.04. The monoisotopic (exact) mass is 234 g/mol. The second kappa shape index (κ2) is 5.09. The number of allylic oxidation sites excluding steroid dienone is 1. The number of aliphatic hydroxyl groups excluding tert-OH is 4. The maximum atomic E-state index is 9.69. The van der Waals surface area contributed by atoms with E-state index in [1.54, 1.807) is 19.1 Å². The van der Waals surface area contributed by atoms with E-state index in [0.29, 0.717) is 5.57 Å². The maximum Gasteiger partial charge on any atom is 0.107 e. The molecule has 4 nitrogen and oxygen atoms in total. The molecule has 1 aliphatic carbocycles. The molecular weight excluding hydrogens is 220 g/mol. The molecule has 0 amide bonds. The fourth-order valence-corrected chi connectivity index (χ4v) is 1.96. The molecule has 0 aromatic carbocycles. The molecule has 0 unspecified atom stereocenters. The van der Waals surface area contributed by atoms with E-state index in [1.165, 1.54) is 0 Å². The lowest BCUT2D eigenvalue weighted by molar-refractivity contribution is 0.00161. The Morgan fingerprint density at radius 2 is 1.87 bits per heavy atom. The van der Waals surface area contributed by atoms with Gasteiger partial charge in [0.15, 0.2) is 0 Å². The highest BCUT2D eigenvalue weighted by Gasteiger charge is 2.40. The van der Waals surface area contributed by atoms with E-state index in [-0.39, 0.29) is 5.57 Å². The van der Waals surface area contributed by atoms with Crippen molar-refractivity contribution < 1.29 is 20.4 Å². The van der Waals surface area contributed by atoms with Crippen LogP contribution >= 0.6 is 11.6 Å². The third kappa shape index (κ3) is 2.24. The Morgan fingerprint density at radius 1 is 1.27 bits per heavy atom. The van der Waals surface area contributed by atoms with Gasteiger partial charge < -0.3 is 20.4 Å². The van der Waals surface area contributed by atoms with Crippen molar-refractivity contribution in [2.45, 2.75) is 30.6 Å². The predicted octanol–water partition coefficient (Wildman–Crippen LogP) is -0.445. The molecule has 0 saturated carbocycles. The quantitative estimate of drug-likeness (QED) is 0.488. The molecule has 0 aromatic rings. The van der Waals surface area contributed by atoms with Crippen LogP contribution in [0.4, 0.5) is 0 Å². The summed E-state index contributed by atoms with van der Waals surface area (Å²) < 4.78 is 0. The molecular formula is C10H15ClO4. The summed E-state index contributed by atoms with van der Waals surface area (Å²) in [6.45, 7) is 1.34. The van der Waals surface area contributed by atoms with E-state index in [0.717, 1.165) is 0 Å². The van der Waals surface area contributed by atoms with E-state index in [9.17, 15) is 15.3 Å². The third-order valence-electron chi connectivity index (χ3n) is 2.51. The highest BCUT2D eigenvalue weighted by molar-refractivity contribution is 6.21. The van der Waals surface area contributed by atoms with Crippen LogP contribution in [0.1, 0.15) is 6.92 Å². The van der Waals surface area contributed by atoms with Crippen molar-refractivity contribution in [2.24, 2.45) is 0 Å². The Bertz CT molecular complexity index is 287. The molecule has 0 aliphatic heterocycles. The summed E-state index contributed by atoms with van der Waals surface area (Å²) in [5.74, 6) is 0. The van der Waals surface area contributed by atoms with Crippen LogP contribution in [0.15, 0.2) is 23.3 Å². The number of aliphatic hydroxyl groups is 4. The number of rotatable bonds is 2. The molecule has 0 bridgehead atoms. The summed E-state index contributed by atoms with van der Waals surface area (Å²) in [6.07, 6.45) is -0.341. The van der Waals surface area contributed by atoms with Gasteiger partial charge >= 0.3 is 0 Å². The van der Waals surface area contributed by atoms with Gasteiger partial charge in [0.05, 0.1) is 18.1 Å². The first-order valence-electron chi connectivity index (χ1n) is 4.69. The van der Waals surface area contributed by atoms with Gasteiger partial charge in [-0.2, -0.15) is 0 Å². The van der Waals surface area contributed by atoms with E-state index in [4.69, 9.17) is 16.7 Å². The van der Waals surface area contributed by atoms with Crippen molar-refractivity contribution in [2.75, 3.05) is 6.61 Å². The molecule has 86 valence electrons. The smallest absolute Gasteiger partial charge is 0.107 e. The van der Waals surface area contributed by atoms with Crippen LogP contribution in [-0.4, -0.2) is 50.7 Å². The Labute approximate surface area is 93.1 Å². The fraction of sp³-hybridized carbons (Fsp3) is 0.600. The largest absolute Gasteiger partial charge is 0.392 e. The summed E-state index contributed by atoms with van der Waals surface area (Å²) >= 11 is 5.72. The molecule has 0 fully saturated rings. The summed E-state index contributed by atoms with van der Waals surface area (Å²) in [5.41, 5.74) is 0.586. The highest BCUT2D eigenvalue weighted by Crippen LogP contribution is 2.30. The van der Waals surface area contributed by atoms with Crippen LogP contribution < -0.4 is 0 Å². The second-order valence-corrected chi connectivity index (χ2v) is 3.97. The molecule has 0 saturated heterocycles. The number of hydrogen-bond donors (Lipinski definition) is 4. The Kier molecular flexibility index (Phi) is 4.31. The van der Waals surface area contributed by atoms with Crippen LogP contribution in [0.2, 0.25) is 0 Å². The summed E-state index contributed by atoms with van der Waals surface area (Å²) in [4.78, 5) is 0. The van der Waals surface area contributed by atoms with Crippen molar-refractivity contribution in [1.29, 1.82) is 0 Å². The minimum atomic E-state index is -1.23. The molecule has 4 N–H and O–H groups in total. The van der Waals surface area contributed by atoms with E-state index >= 15 is 0 Å². The van der Waals surface area contributed by atoms with E-state index < -0.39 is 30.3 Å². The second-order valence-electron chi connectivity index (χ2n) is 3.46. The highest BCUT2D eigenvalue weighted by atomic mass is 35.5. The molecule has 1 rings (SSSR count). The van der Waals surface area contributed by atoms with Crippen molar-refractivity contribution in [3.63, 3.8) is 0 Å². The molecule has 0 radical (unpaired) electrons. The Balaban J connectivity index is 3.17. The molecule has 4 atom stereocenters. The van der Waals surface area contributed by atoms with Gasteiger partial charge in [-0.05, 0) is 18.1 Å². The van der Waals surface area contributed by atoms with Crippen LogP contribution in [0.5, 0.6) is 0 Å². The van der Waals surface area contributed by atoms with Gasteiger partial charge in [-0.3, -0.25) is 0 Å². The summed E-state index contributed by atoms with van der Waals surface area (Å²) in [6, 6.07) is 0. The fourth-order valence-electron chi connectivity index (χ4n) is 1.67. The maximum absolute atomic E-state index is 9.69. The first-order valence-corrected chi connectivity index (χ1v) is 5.13. The average Bonchev–Trinajstić information content (AvgIpc) is 2.24. The van der Waals surface area contributed by atoms with Gasteiger partial charge in [0.25, 0.3) is 0 Å². The normalized spacial score (nSPS) is 37.7. The lowest BCUT2D eigenvalue weighted by Crippen LogP contribution is -2.48. The minimum absolute atomic E-state index is 0.255. The zero-order valence-corrected chi connectivity index (χ0v) is 9.09.